The summed E-state index contributed by atoms with van der Waals surface area (Å²) in [5.74, 6) is -0.194. The molecule has 1 fully saturated rings. The Morgan fingerprint density at radius 2 is 1.60 bits per heavy atom. The van der Waals surface area contributed by atoms with E-state index in [9.17, 15) is 9.59 Å². The molecule has 2 amide bonds. The van der Waals surface area contributed by atoms with Gasteiger partial charge in [0.1, 0.15) is 0 Å². The van der Waals surface area contributed by atoms with Crippen molar-refractivity contribution >= 4 is 29.0 Å². The zero-order valence-corrected chi connectivity index (χ0v) is 14.6. The number of nitrogens with zero attached hydrogens (tertiary/aromatic N) is 1. The smallest absolute Gasteiger partial charge is 0.268 e. The van der Waals surface area contributed by atoms with Crippen LogP contribution >= 0.6 is 11.8 Å². The summed E-state index contributed by atoms with van der Waals surface area (Å²) in [6.07, 6.45) is 7.08. The minimum atomic E-state index is -0.194. The fourth-order valence-corrected chi connectivity index (χ4v) is 3.42. The third kappa shape index (κ3) is 4.70. The standard InChI is InChI=1S/C21H19NO2S/c23-20-19(15-7-13-17-9-3-1-4-10-17)25-21(24)22(20)16-8-14-18-11-5-2-6-12-18/h1-7,9-13,15H,8,14,16H2. The SMILES string of the molecule is O=C1SC(=CC=Cc2ccccc2)C(=O)N1CCCc1ccccc1. The molecule has 0 saturated carbocycles. The van der Waals surface area contributed by atoms with Crippen LogP contribution < -0.4 is 0 Å². The number of allylic oxidation sites excluding steroid dienone is 2. The van der Waals surface area contributed by atoms with E-state index in [1.54, 1.807) is 6.08 Å². The van der Waals surface area contributed by atoms with Crippen LogP contribution in [0.5, 0.6) is 0 Å². The van der Waals surface area contributed by atoms with Gasteiger partial charge in [-0.25, -0.2) is 0 Å². The van der Waals surface area contributed by atoms with E-state index in [0.717, 1.165) is 30.2 Å². The molecular formula is C21H19NO2S. The first-order valence-electron chi connectivity index (χ1n) is 8.25. The molecular weight excluding hydrogens is 330 g/mol. The van der Waals surface area contributed by atoms with Crippen LogP contribution in [0.3, 0.4) is 0 Å². The van der Waals surface area contributed by atoms with Crippen molar-refractivity contribution in [3.63, 3.8) is 0 Å². The summed E-state index contributed by atoms with van der Waals surface area (Å²) in [5.41, 5.74) is 2.27. The summed E-state index contributed by atoms with van der Waals surface area (Å²) in [6.45, 7) is 0.458. The minimum absolute atomic E-state index is 0.183. The van der Waals surface area contributed by atoms with Gasteiger partial charge in [0.25, 0.3) is 11.1 Å². The lowest BCUT2D eigenvalue weighted by molar-refractivity contribution is -0.122. The molecule has 0 radical (unpaired) electrons. The van der Waals surface area contributed by atoms with Crippen LogP contribution in [0.4, 0.5) is 4.79 Å². The molecule has 3 nitrogen and oxygen atoms in total. The second-order valence-corrected chi connectivity index (χ2v) is 6.71. The molecule has 1 saturated heterocycles. The number of amides is 2. The van der Waals surface area contributed by atoms with Crippen molar-refractivity contribution in [2.24, 2.45) is 0 Å². The van der Waals surface area contributed by atoms with Gasteiger partial charge in [-0.05, 0) is 41.8 Å². The van der Waals surface area contributed by atoms with Crippen molar-refractivity contribution in [1.82, 2.24) is 4.90 Å². The third-order valence-electron chi connectivity index (χ3n) is 3.90. The molecule has 1 aliphatic heterocycles. The maximum absolute atomic E-state index is 12.4. The predicted molar refractivity (Wildman–Crippen MR) is 103 cm³/mol. The lowest BCUT2D eigenvalue weighted by Crippen LogP contribution is -2.29. The molecule has 0 spiro atoms. The molecule has 2 aromatic carbocycles. The summed E-state index contributed by atoms with van der Waals surface area (Å²) >= 11 is 1.01. The van der Waals surface area contributed by atoms with E-state index in [1.165, 1.54) is 10.5 Å². The maximum atomic E-state index is 12.4. The molecule has 0 N–H and O–H groups in total. The van der Waals surface area contributed by atoms with Crippen molar-refractivity contribution in [1.29, 1.82) is 0 Å². The van der Waals surface area contributed by atoms with Crippen LogP contribution in [-0.2, 0) is 11.2 Å². The van der Waals surface area contributed by atoms with Gasteiger partial charge in [0.2, 0.25) is 0 Å². The van der Waals surface area contributed by atoms with Gasteiger partial charge in [0.15, 0.2) is 0 Å². The number of rotatable bonds is 6. The molecule has 2 aromatic rings. The Labute approximate surface area is 152 Å². The van der Waals surface area contributed by atoms with Crippen molar-refractivity contribution in [2.45, 2.75) is 12.8 Å². The second-order valence-electron chi connectivity index (χ2n) is 5.71. The first kappa shape index (κ1) is 17.2. The first-order valence-corrected chi connectivity index (χ1v) is 9.07. The average Bonchev–Trinajstić information content (AvgIpc) is 2.91. The van der Waals surface area contributed by atoms with E-state index in [-0.39, 0.29) is 11.1 Å². The number of benzene rings is 2. The van der Waals surface area contributed by atoms with Crippen LogP contribution in [-0.4, -0.2) is 22.6 Å². The predicted octanol–water partition coefficient (Wildman–Crippen LogP) is 4.91. The van der Waals surface area contributed by atoms with Gasteiger partial charge in [-0.2, -0.15) is 0 Å². The number of carbonyl (C=O) groups excluding carboxylic acids is 2. The Kier molecular flexibility index (Phi) is 5.86. The fraction of sp³-hybridized carbons (Fsp3) is 0.143. The van der Waals surface area contributed by atoms with Gasteiger partial charge in [-0.15, -0.1) is 0 Å². The highest BCUT2D eigenvalue weighted by Gasteiger charge is 2.34. The number of hydrogen-bond acceptors (Lipinski definition) is 3. The topological polar surface area (TPSA) is 37.4 Å². The summed E-state index contributed by atoms with van der Waals surface area (Å²) in [7, 11) is 0. The van der Waals surface area contributed by atoms with E-state index in [0.29, 0.717) is 11.4 Å². The number of carbonyl (C=O) groups is 2. The average molecular weight is 349 g/mol. The number of imide groups is 1. The van der Waals surface area contributed by atoms with Crippen molar-refractivity contribution in [3.05, 3.63) is 88.8 Å². The third-order valence-corrected chi connectivity index (χ3v) is 4.83. The highest BCUT2D eigenvalue weighted by molar-refractivity contribution is 8.18. The summed E-state index contributed by atoms with van der Waals surface area (Å²) in [6, 6.07) is 19.9. The summed E-state index contributed by atoms with van der Waals surface area (Å²) in [5, 5.41) is -0.183. The highest BCUT2D eigenvalue weighted by atomic mass is 32.2. The van der Waals surface area contributed by atoms with Crippen LogP contribution in [0.1, 0.15) is 17.5 Å². The largest absolute Gasteiger partial charge is 0.293 e. The maximum Gasteiger partial charge on any atom is 0.293 e. The van der Waals surface area contributed by atoms with Gasteiger partial charge in [-0.1, -0.05) is 72.8 Å². The molecule has 1 aliphatic rings. The molecule has 0 aromatic heterocycles. The molecule has 1 heterocycles. The Morgan fingerprint density at radius 3 is 2.32 bits per heavy atom. The molecule has 0 bridgehead atoms. The number of aryl methyl sites for hydroxylation is 1. The van der Waals surface area contributed by atoms with Crippen molar-refractivity contribution in [3.8, 4) is 0 Å². The van der Waals surface area contributed by atoms with Gasteiger partial charge in [0.05, 0.1) is 4.91 Å². The van der Waals surface area contributed by atoms with E-state index >= 15 is 0 Å². The Morgan fingerprint density at radius 1 is 0.920 bits per heavy atom. The minimum Gasteiger partial charge on any atom is -0.268 e. The molecule has 4 heteroatoms. The van der Waals surface area contributed by atoms with Crippen LogP contribution in [0.25, 0.3) is 6.08 Å². The molecule has 0 aliphatic carbocycles. The fourth-order valence-electron chi connectivity index (χ4n) is 2.60. The quantitative estimate of drug-likeness (QED) is 0.695. The van der Waals surface area contributed by atoms with E-state index in [1.807, 2.05) is 60.7 Å². The van der Waals surface area contributed by atoms with Crippen LogP contribution in [0.2, 0.25) is 0 Å². The van der Waals surface area contributed by atoms with Gasteiger partial charge in [-0.3, -0.25) is 14.5 Å². The number of hydrogen-bond donors (Lipinski definition) is 0. The molecule has 3 rings (SSSR count). The normalized spacial score (nSPS) is 16.3. The molecule has 126 valence electrons. The lowest BCUT2D eigenvalue weighted by atomic mass is 10.1. The zero-order valence-electron chi connectivity index (χ0n) is 13.8. The van der Waals surface area contributed by atoms with E-state index < -0.39 is 0 Å². The monoisotopic (exact) mass is 349 g/mol. The van der Waals surface area contributed by atoms with Crippen LogP contribution in [0, 0.1) is 0 Å². The Hall–Kier alpha value is -2.59. The molecule has 0 atom stereocenters. The summed E-state index contributed by atoms with van der Waals surface area (Å²) in [4.78, 5) is 26.3. The highest BCUT2D eigenvalue weighted by Crippen LogP contribution is 2.30. The molecule has 0 unspecified atom stereocenters. The van der Waals surface area contributed by atoms with E-state index in [2.05, 4.69) is 12.1 Å². The lowest BCUT2D eigenvalue weighted by Gasteiger charge is -2.11. The van der Waals surface area contributed by atoms with Gasteiger partial charge < -0.3 is 0 Å². The Bertz CT molecular complexity index is 797. The van der Waals surface area contributed by atoms with Crippen LogP contribution in [0.15, 0.2) is 77.7 Å². The zero-order chi connectivity index (χ0) is 17.5. The van der Waals surface area contributed by atoms with Gasteiger partial charge in [0, 0.05) is 6.54 Å². The second kappa shape index (κ2) is 8.49. The Balaban J connectivity index is 1.56. The number of thioether (sulfide) groups is 1. The van der Waals surface area contributed by atoms with E-state index in [4.69, 9.17) is 0 Å². The first-order chi connectivity index (χ1) is 12.2. The van der Waals surface area contributed by atoms with Gasteiger partial charge >= 0.3 is 0 Å². The summed E-state index contributed by atoms with van der Waals surface area (Å²) < 4.78 is 0. The molecule has 25 heavy (non-hydrogen) atoms. The van der Waals surface area contributed by atoms with Crippen molar-refractivity contribution in [2.75, 3.05) is 6.54 Å². The van der Waals surface area contributed by atoms with Crippen molar-refractivity contribution < 1.29 is 9.59 Å².